The number of nitrogens with one attached hydrogen (secondary N) is 1. The van der Waals surface area contributed by atoms with Gasteiger partial charge in [-0.15, -0.1) is 0 Å². The number of hydrogen-bond acceptors (Lipinski definition) is 4. The van der Waals surface area contributed by atoms with Crippen LogP contribution in [0.2, 0.25) is 0 Å². The van der Waals surface area contributed by atoms with Gasteiger partial charge in [-0.2, -0.15) is 0 Å². The van der Waals surface area contributed by atoms with Crippen LogP contribution in [0.4, 0.5) is 5.69 Å². The molecule has 1 aromatic heterocycles. The number of amides is 1. The molecule has 0 fully saturated rings. The summed E-state index contributed by atoms with van der Waals surface area (Å²) in [4.78, 5) is 28.2. The average Bonchev–Trinajstić information content (AvgIpc) is 2.54. The lowest BCUT2D eigenvalue weighted by molar-refractivity contribution is -0.123. The number of esters is 1. The van der Waals surface area contributed by atoms with Gasteiger partial charge in [0.25, 0.3) is 5.91 Å². The zero-order valence-corrected chi connectivity index (χ0v) is 16.3. The van der Waals surface area contributed by atoms with E-state index in [-0.39, 0.29) is 16.9 Å². The highest BCUT2D eigenvalue weighted by molar-refractivity contribution is 9.10. The van der Waals surface area contributed by atoms with Gasteiger partial charge in [-0.05, 0) is 52.0 Å². The molecule has 1 N–H and O–H groups in total. The summed E-state index contributed by atoms with van der Waals surface area (Å²) < 4.78 is 5.86. The zero-order valence-electron chi connectivity index (χ0n) is 14.7. The highest BCUT2D eigenvalue weighted by atomic mass is 79.9. The molecule has 2 aromatic rings. The summed E-state index contributed by atoms with van der Waals surface area (Å²) in [5.74, 6) is -0.987. The van der Waals surface area contributed by atoms with Gasteiger partial charge in [0.15, 0.2) is 6.10 Å². The van der Waals surface area contributed by atoms with Gasteiger partial charge in [0.05, 0.1) is 5.56 Å². The maximum atomic E-state index is 12.2. The fraction of sp³-hybridized carbons (Fsp3) is 0.316. The largest absolute Gasteiger partial charge is 0.449 e. The van der Waals surface area contributed by atoms with Crippen molar-refractivity contribution in [3.8, 4) is 0 Å². The maximum Gasteiger partial charge on any atom is 0.340 e. The molecule has 1 heterocycles. The van der Waals surface area contributed by atoms with Gasteiger partial charge in [-0.1, -0.05) is 32.9 Å². The van der Waals surface area contributed by atoms with E-state index < -0.39 is 12.1 Å². The number of ether oxygens (including phenoxy) is 1. The van der Waals surface area contributed by atoms with E-state index in [0.717, 1.165) is 0 Å². The van der Waals surface area contributed by atoms with Crippen molar-refractivity contribution in [1.29, 1.82) is 0 Å². The Kier molecular flexibility index (Phi) is 5.95. The molecule has 0 radical (unpaired) electrons. The lowest BCUT2D eigenvalue weighted by Gasteiger charge is -2.19. The third kappa shape index (κ3) is 5.39. The Balaban J connectivity index is 1.97. The molecule has 25 heavy (non-hydrogen) atoms. The smallest absolute Gasteiger partial charge is 0.340 e. The standard InChI is InChI=1S/C19H21BrN2O3/c1-12(25-18(24)13-9-15(20)11-21-10-13)17(23)22-16-7-5-14(6-8-16)19(2,3)4/h5-12H,1-4H3,(H,22,23)/t12-/m0/s1. The van der Waals surface area contributed by atoms with E-state index in [0.29, 0.717) is 10.2 Å². The molecule has 2 rings (SSSR count). The number of anilines is 1. The quantitative estimate of drug-likeness (QED) is 0.770. The minimum atomic E-state index is -0.922. The Labute approximate surface area is 155 Å². The van der Waals surface area contributed by atoms with E-state index in [1.54, 1.807) is 12.3 Å². The summed E-state index contributed by atoms with van der Waals surface area (Å²) in [6.07, 6.45) is 2.03. The van der Waals surface area contributed by atoms with Crippen LogP contribution >= 0.6 is 15.9 Å². The molecule has 6 heteroatoms. The first kappa shape index (κ1) is 19.1. The number of pyridine rings is 1. The molecule has 1 amide bonds. The number of nitrogens with zero attached hydrogens (tertiary/aromatic N) is 1. The number of carbonyl (C=O) groups excluding carboxylic acids is 2. The number of aromatic nitrogens is 1. The second-order valence-electron chi connectivity index (χ2n) is 6.76. The second-order valence-corrected chi connectivity index (χ2v) is 7.67. The Morgan fingerprint density at radius 3 is 2.36 bits per heavy atom. The van der Waals surface area contributed by atoms with Crippen LogP contribution in [0.5, 0.6) is 0 Å². The summed E-state index contributed by atoms with van der Waals surface area (Å²) in [6, 6.07) is 9.21. The molecule has 132 valence electrons. The Morgan fingerprint density at radius 1 is 1.16 bits per heavy atom. The van der Waals surface area contributed by atoms with Crippen molar-refractivity contribution < 1.29 is 14.3 Å². The third-order valence-electron chi connectivity index (χ3n) is 3.61. The molecular weight excluding hydrogens is 384 g/mol. The van der Waals surface area contributed by atoms with Gasteiger partial charge in [0, 0.05) is 22.6 Å². The number of halogens is 1. The second kappa shape index (κ2) is 7.78. The third-order valence-corrected chi connectivity index (χ3v) is 4.05. The SMILES string of the molecule is C[C@H](OC(=O)c1cncc(Br)c1)C(=O)Nc1ccc(C(C)(C)C)cc1. The Bertz CT molecular complexity index is 767. The normalized spacial score (nSPS) is 12.4. The number of benzene rings is 1. The Hall–Kier alpha value is -2.21. The van der Waals surface area contributed by atoms with Crippen molar-refractivity contribution in [2.45, 2.75) is 39.2 Å². The van der Waals surface area contributed by atoms with E-state index in [2.05, 4.69) is 47.0 Å². The highest BCUT2D eigenvalue weighted by Gasteiger charge is 2.20. The van der Waals surface area contributed by atoms with Gasteiger partial charge in [-0.25, -0.2) is 4.79 Å². The summed E-state index contributed by atoms with van der Waals surface area (Å²) in [6.45, 7) is 7.90. The van der Waals surface area contributed by atoms with Crippen LogP contribution in [0, 0.1) is 0 Å². The maximum absolute atomic E-state index is 12.2. The van der Waals surface area contributed by atoms with E-state index >= 15 is 0 Å². The first-order chi connectivity index (χ1) is 11.7. The molecule has 0 saturated carbocycles. The number of rotatable bonds is 4. The fourth-order valence-electron chi connectivity index (χ4n) is 2.10. The van der Waals surface area contributed by atoms with Gasteiger partial charge in [0.1, 0.15) is 0 Å². The van der Waals surface area contributed by atoms with Crippen molar-refractivity contribution in [1.82, 2.24) is 4.98 Å². The van der Waals surface area contributed by atoms with Crippen LogP contribution < -0.4 is 5.32 Å². The molecule has 0 aliphatic carbocycles. The summed E-state index contributed by atoms with van der Waals surface area (Å²) >= 11 is 3.24. The first-order valence-corrected chi connectivity index (χ1v) is 8.69. The summed E-state index contributed by atoms with van der Waals surface area (Å²) in [5, 5.41) is 2.75. The molecule has 0 bridgehead atoms. The van der Waals surface area contributed by atoms with E-state index in [1.165, 1.54) is 18.7 Å². The van der Waals surface area contributed by atoms with Crippen molar-refractivity contribution >= 4 is 33.5 Å². The van der Waals surface area contributed by atoms with Gasteiger partial charge >= 0.3 is 5.97 Å². The summed E-state index contributed by atoms with van der Waals surface area (Å²) in [7, 11) is 0. The molecule has 0 spiro atoms. The van der Waals surface area contributed by atoms with Crippen LogP contribution in [-0.4, -0.2) is 23.0 Å². The Morgan fingerprint density at radius 2 is 1.80 bits per heavy atom. The molecule has 0 aliphatic heterocycles. The van der Waals surface area contributed by atoms with E-state index in [9.17, 15) is 9.59 Å². The van der Waals surface area contributed by atoms with E-state index in [1.807, 2.05) is 24.3 Å². The minimum Gasteiger partial charge on any atom is -0.449 e. The highest BCUT2D eigenvalue weighted by Crippen LogP contribution is 2.23. The molecular formula is C19H21BrN2O3. The molecule has 1 aromatic carbocycles. The molecule has 0 aliphatic rings. The molecule has 0 saturated heterocycles. The predicted octanol–water partition coefficient (Wildman–Crippen LogP) is 4.33. The minimum absolute atomic E-state index is 0.0450. The van der Waals surface area contributed by atoms with Crippen LogP contribution in [0.25, 0.3) is 0 Å². The van der Waals surface area contributed by atoms with Crippen molar-refractivity contribution in [2.24, 2.45) is 0 Å². The molecule has 0 unspecified atom stereocenters. The summed E-state index contributed by atoms with van der Waals surface area (Å²) in [5.41, 5.74) is 2.16. The van der Waals surface area contributed by atoms with Crippen LogP contribution in [-0.2, 0) is 14.9 Å². The zero-order chi connectivity index (χ0) is 18.6. The molecule has 1 atom stereocenters. The predicted molar refractivity (Wildman–Crippen MR) is 101 cm³/mol. The van der Waals surface area contributed by atoms with Crippen molar-refractivity contribution in [2.75, 3.05) is 5.32 Å². The first-order valence-electron chi connectivity index (χ1n) is 7.90. The number of carbonyl (C=O) groups is 2. The lowest BCUT2D eigenvalue weighted by atomic mass is 9.87. The van der Waals surface area contributed by atoms with Gasteiger partial charge in [0.2, 0.25) is 0 Å². The topological polar surface area (TPSA) is 68.3 Å². The number of hydrogen-bond donors (Lipinski definition) is 1. The average molecular weight is 405 g/mol. The van der Waals surface area contributed by atoms with E-state index in [4.69, 9.17) is 4.74 Å². The van der Waals surface area contributed by atoms with Crippen LogP contribution in [0.15, 0.2) is 47.2 Å². The molecule has 5 nitrogen and oxygen atoms in total. The monoisotopic (exact) mass is 404 g/mol. The van der Waals surface area contributed by atoms with Gasteiger partial charge in [-0.3, -0.25) is 9.78 Å². The van der Waals surface area contributed by atoms with Crippen molar-refractivity contribution in [3.63, 3.8) is 0 Å². The van der Waals surface area contributed by atoms with Gasteiger partial charge < -0.3 is 10.1 Å². The lowest BCUT2D eigenvalue weighted by Crippen LogP contribution is -2.30. The van der Waals surface area contributed by atoms with Crippen LogP contribution in [0.3, 0.4) is 0 Å². The fourth-order valence-corrected chi connectivity index (χ4v) is 2.47. The van der Waals surface area contributed by atoms with Crippen LogP contribution in [0.1, 0.15) is 43.6 Å². The van der Waals surface area contributed by atoms with Crippen molar-refractivity contribution in [3.05, 3.63) is 58.3 Å².